The molecule has 1 aromatic rings. The Morgan fingerprint density at radius 1 is 1.44 bits per heavy atom. The van der Waals surface area contributed by atoms with Gasteiger partial charge in [0.1, 0.15) is 0 Å². The summed E-state index contributed by atoms with van der Waals surface area (Å²) in [5.74, 6) is -0.159. The standard InChI is InChI=1S/C9H17N5O3S/c1-9(2,3)12-8(15)13-18(16,17)7-6(10)11-5-14(7)4/h5H,10H2,1-4H3,(H2,12,13,15). The first-order valence-electron chi connectivity index (χ1n) is 5.15. The number of hydrogen-bond donors (Lipinski definition) is 3. The van der Waals surface area contributed by atoms with Crippen molar-refractivity contribution in [3.8, 4) is 0 Å². The van der Waals surface area contributed by atoms with E-state index in [-0.39, 0.29) is 10.8 Å². The van der Waals surface area contributed by atoms with Gasteiger partial charge in [0.05, 0.1) is 6.33 Å². The third-order valence-corrected chi connectivity index (χ3v) is 3.34. The maximum absolute atomic E-state index is 11.9. The molecule has 0 aliphatic carbocycles. The third kappa shape index (κ3) is 3.36. The lowest BCUT2D eigenvalue weighted by molar-refractivity contribution is 0.237. The maximum atomic E-state index is 11.9. The molecule has 0 aliphatic heterocycles. The normalized spacial score (nSPS) is 12.2. The van der Waals surface area contributed by atoms with E-state index in [1.807, 2.05) is 4.72 Å². The fourth-order valence-electron chi connectivity index (χ4n) is 1.30. The van der Waals surface area contributed by atoms with E-state index in [4.69, 9.17) is 5.73 Å². The zero-order valence-electron chi connectivity index (χ0n) is 10.7. The Kier molecular flexibility index (Phi) is 3.56. The SMILES string of the molecule is Cn1cnc(N)c1S(=O)(=O)NC(=O)NC(C)(C)C. The highest BCUT2D eigenvalue weighted by Gasteiger charge is 2.26. The molecule has 0 spiro atoms. The molecular formula is C9H17N5O3S. The van der Waals surface area contributed by atoms with Gasteiger partial charge in [-0.1, -0.05) is 0 Å². The molecule has 0 aliphatic rings. The highest BCUT2D eigenvalue weighted by molar-refractivity contribution is 7.90. The summed E-state index contributed by atoms with van der Waals surface area (Å²) in [4.78, 5) is 15.2. The Bertz CT molecular complexity index is 536. The summed E-state index contributed by atoms with van der Waals surface area (Å²) in [7, 11) is -2.56. The summed E-state index contributed by atoms with van der Waals surface area (Å²) in [5, 5.41) is 2.23. The minimum Gasteiger partial charge on any atom is -0.381 e. The van der Waals surface area contributed by atoms with Crippen LogP contribution in [0.1, 0.15) is 20.8 Å². The second kappa shape index (κ2) is 4.48. The Balaban J connectivity index is 2.94. The molecule has 1 rings (SSSR count). The molecule has 0 fully saturated rings. The molecule has 0 radical (unpaired) electrons. The average Bonchev–Trinajstić information content (AvgIpc) is 2.41. The Morgan fingerprint density at radius 2 is 2.00 bits per heavy atom. The van der Waals surface area contributed by atoms with Crippen LogP contribution in [0.15, 0.2) is 11.4 Å². The zero-order chi connectivity index (χ0) is 14.1. The number of nitrogen functional groups attached to an aromatic ring is 1. The summed E-state index contributed by atoms with van der Waals surface area (Å²) in [5.41, 5.74) is 4.90. The molecule has 1 aromatic heterocycles. The van der Waals surface area contributed by atoms with Crippen molar-refractivity contribution in [2.24, 2.45) is 7.05 Å². The first-order chi connectivity index (χ1) is 8.03. The van der Waals surface area contributed by atoms with Crippen molar-refractivity contribution >= 4 is 21.9 Å². The number of anilines is 1. The first kappa shape index (κ1) is 14.3. The zero-order valence-corrected chi connectivity index (χ0v) is 11.5. The molecule has 8 nitrogen and oxygen atoms in total. The molecule has 18 heavy (non-hydrogen) atoms. The van der Waals surface area contributed by atoms with Crippen molar-refractivity contribution in [3.05, 3.63) is 6.33 Å². The molecule has 0 atom stereocenters. The van der Waals surface area contributed by atoms with Crippen LogP contribution in [-0.4, -0.2) is 29.5 Å². The summed E-state index contributed by atoms with van der Waals surface area (Å²) in [6.45, 7) is 5.20. The topological polar surface area (TPSA) is 119 Å². The summed E-state index contributed by atoms with van der Waals surface area (Å²) < 4.78 is 26.9. The van der Waals surface area contributed by atoms with Crippen molar-refractivity contribution < 1.29 is 13.2 Å². The third-order valence-electron chi connectivity index (χ3n) is 1.88. The summed E-state index contributed by atoms with van der Waals surface area (Å²) in [6, 6.07) is -0.817. The van der Waals surface area contributed by atoms with Crippen LogP contribution in [0, 0.1) is 0 Å². The molecule has 0 saturated heterocycles. The van der Waals surface area contributed by atoms with Crippen molar-refractivity contribution in [1.82, 2.24) is 19.6 Å². The molecule has 0 bridgehead atoms. The number of aryl methyl sites for hydroxylation is 1. The van der Waals surface area contributed by atoms with Crippen LogP contribution in [0.3, 0.4) is 0 Å². The van der Waals surface area contributed by atoms with E-state index in [0.717, 1.165) is 0 Å². The van der Waals surface area contributed by atoms with E-state index in [0.29, 0.717) is 0 Å². The number of sulfonamides is 1. The monoisotopic (exact) mass is 275 g/mol. The number of imidazole rings is 1. The number of urea groups is 1. The van der Waals surface area contributed by atoms with Crippen molar-refractivity contribution in [2.75, 3.05) is 5.73 Å². The van der Waals surface area contributed by atoms with Crippen molar-refractivity contribution in [2.45, 2.75) is 31.3 Å². The number of amides is 2. The number of nitrogens with zero attached hydrogens (tertiary/aromatic N) is 2. The second-order valence-electron chi connectivity index (χ2n) is 4.86. The van der Waals surface area contributed by atoms with Crippen LogP contribution >= 0.6 is 0 Å². The van der Waals surface area contributed by atoms with E-state index in [1.165, 1.54) is 17.9 Å². The van der Waals surface area contributed by atoms with Crippen molar-refractivity contribution in [3.63, 3.8) is 0 Å². The van der Waals surface area contributed by atoms with Crippen LogP contribution in [0.4, 0.5) is 10.6 Å². The van der Waals surface area contributed by atoms with Gasteiger partial charge in [-0.05, 0) is 20.8 Å². The predicted octanol–water partition coefficient (Wildman–Crippen LogP) is -0.211. The van der Waals surface area contributed by atoms with Gasteiger partial charge in [-0.2, -0.15) is 8.42 Å². The van der Waals surface area contributed by atoms with Gasteiger partial charge < -0.3 is 15.6 Å². The number of rotatable bonds is 2. The van der Waals surface area contributed by atoms with Crippen LogP contribution in [0.25, 0.3) is 0 Å². The van der Waals surface area contributed by atoms with Gasteiger partial charge in [-0.25, -0.2) is 14.5 Å². The Labute approximate surface area is 106 Å². The van der Waals surface area contributed by atoms with Crippen LogP contribution in [0.2, 0.25) is 0 Å². The van der Waals surface area contributed by atoms with Crippen LogP contribution < -0.4 is 15.8 Å². The number of carbonyl (C=O) groups excluding carboxylic acids is 1. The Morgan fingerprint density at radius 3 is 2.39 bits per heavy atom. The highest BCUT2D eigenvalue weighted by atomic mass is 32.2. The molecule has 9 heteroatoms. The summed E-state index contributed by atoms with van der Waals surface area (Å²) >= 11 is 0. The van der Waals surface area contributed by atoms with E-state index in [1.54, 1.807) is 20.8 Å². The van der Waals surface area contributed by atoms with Gasteiger partial charge in [0.25, 0.3) is 10.0 Å². The molecule has 4 N–H and O–H groups in total. The van der Waals surface area contributed by atoms with E-state index in [9.17, 15) is 13.2 Å². The van der Waals surface area contributed by atoms with Gasteiger partial charge in [0.15, 0.2) is 10.8 Å². The average molecular weight is 275 g/mol. The van der Waals surface area contributed by atoms with Gasteiger partial charge in [0, 0.05) is 12.6 Å². The number of carbonyl (C=O) groups is 1. The van der Waals surface area contributed by atoms with E-state index < -0.39 is 21.6 Å². The minimum absolute atomic E-state index is 0.159. The molecule has 2 amide bonds. The maximum Gasteiger partial charge on any atom is 0.329 e. The minimum atomic E-state index is -4.04. The van der Waals surface area contributed by atoms with E-state index >= 15 is 0 Å². The van der Waals surface area contributed by atoms with Crippen molar-refractivity contribution in [1.29, 1.82) is 0 Å². The van der Waals surface area contributed by atoms with Crippen LogP contribution in [0.5, 0.6) is 0 Å². The lowest BCUT2D eigenvalue weighted by Crippen LogP contribution is -2.48. The molecular weight excluding hydrogens is 258 g/mol. The second-order valence-corrected chi connectivity index (χ2v) is 6.45. The first-order valence-corrected chi connectivity index (χ1v) is 6.63. The quantitative estimate of drug-likeness (QED) is 0.690. The molecule has 0 unspecified atom stereocenters. The van der Waals surface area contributed by atoms with Crippen LogP contribution in [-0.2, 0) is 17.1 Å². The number of nitrogens with two attached hydrogens (primary N) is 1. The van der Waals surface area contributed by atoms with Gasteiger partial charge in [-0.15, -0.1) is 0 Å². The molecule has 0 aromatic carbocycles. The number of hydrogen-bond acceptors (Lipinski definition) is 5. The van der Waals surface area contributed by atoms with Gasteiger partial charge >= 0.3 is 6.03 Å². The molecule has 0 saturated carbocycles. The molecule has 102 valence electrons. The van der Waals surface area contributed by atoms with E-state index in [2.05, 4.69) is 10.3 Å². The largest absolute Gasteiger partial charge is 0.381 e. The van der Waals surface area contributed by atoms with Gasteiger partial charge in [0.2, 0.25) is 0 Å². The number of aromatic nitrogens is 2. The molecule has 1 heterocycles. The summed E-state index contributed by atoms with van der Waals surface area (Å²) in [6.07, 6.45) is 1.26. The fourth-order valence-corrected chi connectivity index (χ4v) is 2.45. The lowest BCUT2D eigenvalue weighted by atomic mass is 10.1. The fraction of sp³-hybridized carbons (Fsp3) is 0.556. The lowest BCUT2D eigenvalue weighted by Gasteiger charge is -2.20. The predicted molar refractivity (Wildman–Crippen MR) is 66.2 cm³/mol. The van der Waals surface area contributed by atoms with Gasteiger partial charge in [-0.3, -0.25) is 0 Å². The smallest absolute Gasteiger partial charge is 0.329 e. The highest BCUT2D eigenvalue weighted by Crippen LogP contribution is 2.14. The number of nitrogens with one attached hydrogen (secondary N) is 2. The Hall–Kier alpha value is -1.77.